The van der Waals surface area contributed by atoms with Gasteiger partial charge in [0, 0.05) is 12.1 Å². The molecule has 0 aromatic heterocycles. The van der Waals surface area contributed by atoms with E-state index in [2.05, 4.69) is 5.32 Å². The van der Waals surface area contributed by atoms with Gasteiger partial charge in [-0.05, 0) is 30.2 Å². The molecule has 0 bridgehead atoms. The van der Waals surface area contributed by atoms with Gasteiger partial charge in [0.25, 0.3) is 5.91 Å². The molecule has 2 N–H and O–H groups in total. The molecule has 1 aromatic carbocycles. The number of nitrogens with zero attached hydrogens (tertiary/aromatic N) is 1. The van der Waals surface area contributed by atoms with Gasteiger partial charge >= 0.3 is 0 Å². The molecular weight excluding hydrogens is 297 g/mol. The zero-order valence-corrected chi connectivity index (χ0v) is 13.8. The van der Waals surface area contributed by atoms with Crippen LogP contribution in [0.15, 0.2) is 24.3 Å². The van der Waals surface area contributed by atoms with Gasteiger partial charge in [-0.25, -0.2) is 4.39 Å². The largest absolute Gasteiger partial charge is 0.331 e. The Balaban J connectivity index is 1.74. The van der Waals surface area contributed by atoms with Gasteiger partial charge in [0.1, 0.15) is 5.82 Å². The summed E-state index contributed by atoms with van der Waals surface area (Å²) < 4.78 is 12.8. The Morgan fingerprint density at radius 1 is 1.22 bits per heavy atom. The Kier molecular flexibility index (Phi) is 6.10. The van der Waals surface area contributed by atoms with Crippen molar-refractivity contribution in [1.82, 2.24) is 4.90 Å². The highest BCUT2D eigenvalue weighted by Crippen LogP contribution is 2.07. The van der Waals surface area contributed by atoms with Crippen molar-refractivity contribution >= 4 is 17.5 Å². The summed E-state index contributed by atoms with van der Waals surface area (Å²) in [6.07, 6.45) is 0.584. The SMILES string of the molecule is CC(C)CC(=O)N1CC[NH+](CC(=O)Nc2ccc(F)cc2)CC1. The van der Waals surface area contributed by atoms with Crippen LogP contribution in [0.1, 0.15) is 20.3 Å². The van der Waals surface area contributed by atoms with E-state index in [-0.39, 0.29) is 17.6 Å². The summed E-state index contributed by atoms with van der Waals surface area (Å²) in [6, 6.07) is 5.74. The van der Waals surface area contributed by atoms with Gasteiger partial charge in [0.15, 0.2) is 6.54 Å². The number of halogens is 1. The van der Waals surface area contributed by atoms with Crippen molar-refractivity contribution in [1.29, 1.82) is 0 Å². The first kappa shape index (κ1) is 17.4. The number of benzene rings is 1. The number of quaternary nitrogens is 1. The number of hydrogen-bond donors (Lipinski definition) is 2. The van der Waals surface area contributed by atoms with Crippen LogP contribution in [0.2, 0.25) is 0 Å². The second kappa shape index (κ2) is 8.06. The minimum atomic E-state index is -0.323. The molecule has 1 saturated heterocycles. The maximum Gasteiger partial charge on any atom is 0.279 e. The van der Waals surface area contributed by atoms with Crippen LogP contribution in [0.25, 0.3) is 0 Å². The highest BCUT2D eigenvalue weighted by Gasteiger charge is 2.25. The van der Waals surface area contributed by atoms with Crippen molar-refractivity contribution in [3.8, 4) is 0 Å². The molecule has 0 atom stereocenters. The van der Waals surface area contributed by atoms with E-state index in [1.54, 1.807) is 12.1 Å². The normalized spacial score (nSPS) is 15.7. The number of carbonyl (C=O) groups is 2. The zero-order valence-electron chi connectivity index (χ0n) is 13.8. The maximum absolute atomic E-state index is 12.8. The van der Waals surface area contributed by atoms with Crippen molar-refractivity contribution in [2.75, 3.05) is 38.0 Å². The van der Waals surface area contributed by atoms with Crippen molar-refractivity contribution in [2.24, 2.45) is 5.92 Å². The number of hydrogen-bond acceptors (Lipinski definition) is 2. The Labute approximate surface area is 136 Å². The Morgan fingerprint density at radius 2 is 1.83 bits per heavy atom. The number of piperazine rings is 1. The Morgan fingerprint density at radius 3 is 2.39 bits per heavy atom. The number of amides is 2. The van der Waals surface area contributed by atoms with Crippen LogP contribution in [0.5, 0.6) is 0 Å². The van der Waals surface area contributed by atoms with E-state index >= 15 is 0 Å². The minimum Gasteiger partial charge on any atom is -0.331 e. The van der Waals surface area contributed by atoms with Gasteiger partial charge in [0.2, 0.25) is 5.91 Å². The molecule has 0 spiro atoms. The number of nitrogens with one attached hydrogen (secondary N) is 2. The van der Waals surface area contributed by atoms with Gasteiger partial charge in [-0.2, -0.15) is 0 Å². The quantitative estimate of drug-likeness (QED) is 0.831. The molecule has 1 aliphatic rings. The summed E-state index contributed by atoms with van der Waals surface area (Å²) >= 11 is 0. The number of anilines is 1. The van der Waals surface area contributed by atoms with Crippen LogP contribution in [0, 0.1) is 11.7 Å². The summed E-state index contributed by atoms with van der Waals surface area (Å²) in [4.78, 5) is 27.1. The molecule has 23 heavy (non-hydrogen) atoms. The summed E-state index contributed by atoms with van der Waals surface area (Å²) in [7, 11) is 0. The Hall–Kier alpha value is -1.95. The first-order chi connectivity index (χ1) is 10.9. The van der Waals surface area contributed by atoms with Crippen molar-refractivity contribution in [2.45, 2.75) is 20.3 Å². The average molecular weight is 322 g/mol. The zero-order chi connectivity index (χ0) is 16.8. The average Bonchev–Trinajstić information content (AvgIpc) is 2.49. The second-order valence-corrected chi connectivity index (χ2v) is 6.46. The highest BCUT2D eigenvalue weighted by molar-refractivity contribution is 5.91. The predicted octanol–water partition coefficient (Wildman–Crippen LogP) is 0.537. The second-order valence-electron chi connectivity index (χ2n) is 6.46. The van der Waals surface area contributed by atoms with E-state index in [0.29, 0.717) is 37.7 Å². The van der Waals surface area contributed by atoms with Gasteiger partial charge in [0.05, 0.1) is 26.2 Å². The van der Waals surface area contributed by atoms with Crippen molar-refractivity contribution < 1.29 is 18.9 Å². The molecule has 0 radical (unpaired) electrons. The van der Waals surface area contributed by atoms with Gasteiger partial charge in [-0.3, -0.25) is 9.59 Å². The van der Waals surface area contributed by atoms with E-state index in [1.165, 1.54) is 17.0 Å². The molecule has 1 heterocycles. The lowest BCUT2D eigenvalue weighted by atomic mass is 10.1. The van der Waals surface area contributed by atoms with E-state index < -0.39 is 0 Å². The smallest absolute Gasteiger partial charge is 0.279 e. The maximum atomic E-state index is 12.8. The van der Waals surface area contributed by atoms with Crippen LogP contribution in [-0.2, 0) is 9.59 Å². The Bertz CT molecular complexity index is 537. The molecule has 1 fully saturated rings. The summed E-state index contributed by atoms with van der Waals surface area (Å²) in [5.41, 5.74) is 0.599. The molecule has 0 saturated carbocycles. The third-order valence-corrected chi connectivity index (χ3v) is 3.94. The standard InChI is InChI=1S/C17H24FN3O2/c1-13(2)11-17(23)21-9-7-20(8-10-21)12-16(22)19-15-5-3-14(18)4-6-15/h3-6,13H,7-12H2,1-2H3,(H,19,22)/p+1. The first-order valence-corrected chi connectivity index (χ1v) is 8.11. The molecule has 0 unspecified atom stereocenters. The van der Waals surface area contributed by atoms with Crippen LogP contribution >= 0.6 is 0 Å². The topological polar surface area (TPSA) is 53.9 Å². The first-order valence-electron chi connectivity index (χ1n) is 8.11. The van der Waals surface area contributed by atoms with E-state index in [0.717, 1.165) is 13.1 Å². The van der Waals surface area contributed by atoms with E-state index in [9.17, 15) is 14.0 Å². The third kappa shape index (κ3) is 5.63. The van der Waals surface area contributed by atoms with Gasteiger partial charge < -0.3 is 15.1 Å². The van der Waals surface area contributed by atoms with E-state index in [1.807, 2.05) is 18.7 Å². The molecule has 1 aromatic rings. The highest BCUT2D eigenvalue weighted by atomic mass is 19.1. The summed E-state index contributed by atoms with van der Waals surface area (Å²) in [5, 5.41) is 2.77. The van der Waals surface area contributed by atoms with Crippen LogP contribution < -0.4 is 10.2 Å². The summed E-state index contributed by atoms with van der Waals surface area (Å²) in [5.74, 6) is 0.161. The monoisotopic (exact) mass is 322 g/mol. The molecule has 2 amide bonds. The molecule has 126 valence electrons. The summed E-state index contributed by atoms with van der Waals surface area (Å²) in [6.45, 7) is 7.40. The van der Waals surface area contributed by atoms with Gasteiger partial charge in [-0.15, -0.1) is 0 Å². The fraction of sp³-hybridized carbons (Fsp3) is 0.529. The fourth-order valence-corrected chi connectivity index (χ4v) is 2.69. The molecule has 2 rings (SSSR count). The molecular formula is C17H25FN3O2+. The van der Waals surface area contributed by atoms with Crippen molar-refractivity contribution in [3.05, 3.63) is 30.1 Å². The van der Waals surface area contributed by atoms with Crippen LogP contribution in [0.3, 0.4) is 0 Å². The van der Waals surface area contributed by atoms with Crippen molar-refractivity contribution in [3.63, 3.8) is 0 Å². The third-order valence-electron chi connectivity index (χ3n) is 3.94. The molecule has 6 heteroatoms. The van der Waals surface area contributed by atoms with Crippen LogP contribution in [-0.4, -0.2) is 49.4 Å². The lowest BCUT2D eigenvalue weighted by Gasteiger charge is -2.32. The number of rotatable bonds is 5. The molecule has 0 aliphatic carbocycles. The van der Waals surface area contributed by atoms with Gasteiger partial charge in [-0.1, -0.05) is 13.8 Å². The lowest BCUT2D eigenvalue weighted by Crippen LogP contribution is -3.15. The molecule has 5 nitrogen and oxygen atoms in total. The fourth-order valence-electron chi connectivity index (χ4n) is 2.69. The minimum absolute atomic E-state index is 0.0893. The van der Waals surface area contributed by atoms with Crippen LogP contribution in [0.4, 0.5) is 10.1 Å². The lowest BCUT2D eigenvalue weighted by molar-refractivity contribution is -0.895. The molecule has 1 aliphatic heterocycles. The van der Waals surface area contributed by atoms with E-state index in [4.69, 9.17) is 0 Å². The predicted molar refractivity (Wildman–Crippen MR) is 86.6 cm³/mol. The number of carbonyl (C=O) groups excluding carboxylic acids is 2.